The lowest BCUT2D eigenvalue weighted by atomic mass is 9.96. The number of rotatable bonds is 4. The fraction of sp³-hybridized carbons (Fsp3) is 0.429. The molecule has 0 spiro atoms. The molecule has 0 aromatic heterocycles. The molecule has 1 saturated carbocycles. The Balaban J connectivity index is 1.80. The van der Waals surface area contributed by atoms with Crippen molar-refractivity contribution in [1.29, 1.82) is 0 Å². The van der Waals surface area contributed by atoms with Crippen molar-refractivity contribution in [3.63, 3.8) is 0 Å². The minimum atomic E-state index is -0.757. The number of carboxylic acids is 1. The third kappa shape index (κ3) is 4.09. The average molecular weight is 388 g/mol. The topological polar surface area (TPSA) is 78.4 Å². The number of aliphatic carboxylic acids is 1. The molecule has 2 atom stereocenters. The molecule has 108 valence electrons. The largest absolute Gasteiger partial charge is 0.481 e. The van der Waals surface area contributed by atoms with Crippen LogP contribution in [-0.4, -0.2) is 23.7 Å². The third-order valence-electron chi connectivity index (χ3n) is 3.60. The lowest BCUT2D eigenvalue weighted by Crippen LogP contribution is -2.35. The van der Waals surface area contributed by atoms with E-state index in [0.717, 1.165) is 22.1 Å². The molecule has 2 rings (SSSR count). The van der Waals surface area contributed by atoms with Crippen molar-refractivity contribution in [2.45, 2.75) is 19.3 Å². The van der Waals surface area contributed by atoms with Crippen LogP contribution in [0.2, 0.25) is 0 Å². The summed E-state index contributed by atoms with van der Waals surface area (Å²) in [6.45, 7) is 0.410. The van der Waals surface area contributed by atoms with Crippen molar-refractivity contribution < 1.29 is 14.7 Å². The van der Waals surface area contributed by atoms with E-state index in [4.69, 9.17) is 5.11 Å². The molecular weight excluding hydrogens is 371 g/mol. The minimum Gasteiger partial charge on any atom is -0.481 e. The van der Waals surface area contributed by atoms with Gasteiger partial charge in [0.2, 0.25) is 0 Å². The van der Waals surface area contributed by atoms with Crippen molar-refractivity contribution in [1.82, 2.24) is 5.32 Å². The molecule has 2 unspecified atom stereocenters. The second-order valence-electron chi connectivity index (χ2n) is 4.98. The Hall–Kier alpha value is -1.31. The van der Waals surface area contributed by atoms with Gasteiger partial charge in [-0.25, -0.2) is 4.79 Å². The first kappa shape index (κ1) is 15.1. The molecule has 0 radical (unpaired) electrons. The molecule has 0 saturated heterocycles. The number of urea groups is 1. The Morgan fingerprint density at radius 2 is 1.95 bits per heavy atom. The highest BCUT2D eigenvalue weighted by Crippen LogP contribution is 2.31. The zero-order chi connectivity index (χ0) is 14.5. The van der Waals surface area contributed by atoms with Gasteiger partial charge in [0.1, 0.15) is 0 Å². The van der Waals surface area contributed by atoms with Crippen LogP contribution in [0.1, 0.15) is 19.3 Å². The maximum atomic E-state index is 11.8. The van der Waals surface area contributed by atoms with E-state index < -0.39 is 5.97 Å². The van der Waals surface area contributed by atoms with Gasteiger partial charge < -0.3 is 15.7 Å². The van der Waals surface area contributed by atoms with Crippen LogP contribution in [0.3, 0.4) is 0 Å². The number of anilines is 1. The van der Waals surface area contributed by atoms with Gasteiger partial charge in [0.15, 0.2) is 0 Å². The summed E-state index contributed by atoms with van der Waals surface area (Å²) in [5.74, 6) is -1.05. The Bertz CT molecular complexity index is 490. The molecule has 1 fully saturated rings. The first-order valence-electron chi connectivity index (χ1n) is 6.59. The van der Waals surface area contributed by atoms with E-state index in [1.807, 2.05) is 24.3 Å². The zero-order valence-corrected chi connectivity index (χ0v) is 13.1. The van der Waals surface area contributed by atoms with Crippen LogP contribution in [0.15, 0.2) is 24.3 Å². The van der Waals surface area contributed by atoms with Crippen LogP contribution < -0.4 is 10.6 Å². The second kappa shape index (κ2) is 6.92. The highest BCUT2D eigenvalue weighted by Gasteiger charge is 2.32. The normalized spacial score (nSPS) is 21.4. The Morgan fingerprint density at radius 3 is 2.60 bits per heavy atom. The summed E-state index contributed by atoms with van der Waals surface area (Å²) in [7, 11) is 0. The summed E-state index contributed by atoms with van der Waals surface area (Å²) in [6.07, 6.45) is 2.49. The van der Waals surface area contributed by atoms with Crippen molar-refractivity contribution >= 4 is 40.3 Å². The van der Waals surface area contributed by atoms with Gasteiger partial charge >= 0.3 is 12.0 Å². The molecule has 6 heteroatoms. The van der Waals surface area contributed by atoms with Crippen LogP contribution >= 0.6 is 22.6 Å². The van der Waals surface area contributed by atoms with Gasteiger partial charge in [-0.05, 0) is 65.6 Å². The van der Waals surface area contributed by atoms with E-state index in [2.05, 4.69) is 33.2 Å². The first-order valence-corrected chi connectivity index (χ1v) is 7.67. The smallest absolute Gasteiger partial charge is 0.319 e. The van der Waals surface area contributed by atoms with Gasteiger partial charge in [0, 0.05) is 15.8 Å². The molecule has 5 nitrogen and oxygen atoms in total. The molecule has 0 aliphatic heterocycles. The average Bonchev–Trinajstić information content (AvgIpc) is 2.88. The maximum Gasteiger partial charge on any atom is 0.319 e. The van der Waals surface area contributed by atoms with Crippen molar-refractivity contribution in [3.8, 4) is 0 Å². The Morgan fingerprint density at radius 1 is 1.25 bits per heavy atom. The summed E-state index contributed by atoms with van der Waals surface area (Å²) < 4.78 is 1.10. The third-order valence-corrected chi connectivity index (χ3v) is 4.32. The molecular formula is C14H17IN2O3. The Kier molecular flexibility index (Phi) is 5.22. The Labute approximate surface area is 131 Å². The maximum absolute atomic E-state index is 11.8. The van der Waals surface area contributed by atoms with E-state index in [1.165, 1.54) is 0 Å². The first-order chi connectivity index (χ1) is 9.56. The summed E-state index contributed by atoms with van der Waals surface area (Å²) in [4.78, 5) is 22.8. The van der Waals surface area contributed by atoms with E-state index >= 15 is 0 Å². The zero-order valence-electron chi connectivity index (χ0n) is 10.9. The van der Waals surface area contributed by atoms with Crippen LogP contribution in [-0.2, 0) is 4.79 Å². The van der Waals surface area contributed by atoms with Gasteiger partial charge in [0.05, 0.1) is 5.92 Å². The number of nitrogens with one attached hydrogen (secondary N) is 2. The number of benzene rings is 1. The predicted octanol–water partition coefficient (Wildman–Crippen LogP) is 2.91. The fourth-order valence-corrected chi connectivity index (χ4v) is 2.90. The van der Waals surface area contributed by atoms with Crippen molar-refractivity contribution in [2.75, 3.05) is 11.9 Å². The van der Waals surface area contributed by atoms with E-state index in [1.54, 1.807) is 0 Å². The number of carboxylic acid groups (broad SMARTS) is 1. The van der Waals surface area contributed by atoms with E-state index in [0.29, 0.717) is 13.0 Å². The standard InChI is InChI=1S/C14H17IN2O3/c15-10-4-6-11(7-5-10)17-14(20)16-8-9-2-1-3-12(9)13(18)19/h4-7,9,12H,1-3,8H2,(H,18,19)(H2,16,17,20). The van der Waals surface area contributed by atoms with Crippen LogP contribution in [0.4, 0.5) is 10.5 Å². The van der Waals surface area contributed by atoms with Gasteiger partial charge in [-0.2, -0.15) is 0 Å². The quantitative estimate of drug-likeness (QED) is 0.695. The number of carbonyl (C=O) groups is 2. The van der Waals surface area contributed by atoms with Gasteiger partial charge in [-0.1, -0.05) is 6.42 Å². The minimum absolute atomic E-state index is 0.0370. The number of amides is 2. The molecule has 1 aliphatic carbocycles. The summed E-state index contributed by atoms with van der Waals surface area (Å²) in [6, 6.07) is 7.19. The highest BCUT2D eigenvalue weighted by molar-refractivity contribution is 14.1. The van der Waals surface area contributed by atoms with Crippen LogP contribution in [0, 0.1) is 15.4 Å². The van der Waals surface area contributed by atoms with Gasteiger partial charge in [0.25, 0.3) is 0 Å². The van der Waals surface area contributed by atoms with Crippen molar-refractivity contribution in [3.05, 3.63) is 27.8 Å². The van der Waals surface area contributed by atoms with Gasteiger partial charge in [-0.3, -0.25) is 4.79 Å². The van der Waals surface area contributed by atoms with E-state index in [9.17, 15) is 9.59 Å². The fourth-order valence-electron chi connectivity index (χ4n) is 2.54. The van der Waals surface area contributed by atoms with E-state index in [-0.39, 0.29) is 17.9 Å². The summed E-state index contributed by atoms with van der Waals surface area (Å²) in [5.41, 5.74) is 0.726. The lowest BCUT2D eigenvalue weighted by molar-refractivity contribution is -0.142. The number of hydrogen-bond donors (Lipinski definition) is 3. The van der Waals surface area contributed by atoms with Crippen LogP contribution in [0.5, 0.6) is 0 Å². The molecule has 20 heavy (non-hydrogen) atoms. The SMILES string of the molecule is O=C(NCC1CCCC1C(=O)O)Nc1ccc(I)cc1. The molecule has 3 N–H and O–H groups in total. The monoisotopic (exact) mass is 388 g/mol. The highest BCUT2D eigenvalue weighted by atomic mass is 127. The lowest BCUT2D eigenvalue weighted by Gasteiger charge is -2.16. The molecule has 1 aliphatic rings. The number of halogens is 1. The summed E-state index contributed by atoms with van der Waals surface area (Å²) in [5, 5.41) is 14.6. The summed E-state index contributed by atoms with van der Waals surface area (Å²) >= 11 is 2.20. The molecule has 1 aromatic rings. The molecule has 2 amide bonds. The molecule has 0 bridgehead atoms. The number of carbonyl (C=O) groups excluding carboxylic acids is 1. The van der Waals surface area contributed by atoms with Gasteiger partial charge in [-0.15, -0.1) is 0 Å². The molecule has 0 heterocycles. The number of hydrogen-bond acceptors (Lipinski definition) is 2. The van der Waals surface area contributed by atoms with Crippen molar-refractivity contribution in [2.24, 2.45) is 11.8 Å². The molecule has 1 aromatic carbocycles. The second-order valence-corrected chi connectivity index (χ2v) is 6.22. The van der Waals surface area contributed by atoms with Crippen LogP contribution in [0.25, 0.3) is 0 Å². The predicted molar refractivity (Wildman–Crippen MR) is 84.6 cm³/mol.